The van der Waals surface area contributed by atoms with E-state index >= 15 is 0 Å². The fraction of sp³-hybridized carbons (Fsp3) is 0.308. The van der Waals surface area contributed by atoms with Crippen molar-refractivity contribution in [3.8, 4) is 11.5 Å². The van der Waals surface area contributed by atoms with Crippen molar-refractivity contribution in [2.75, 3.05) is 19.5 Å². The highest BCUT2D eigenvalue weighted by molar-refractivity contribution is 7.09. The molecule has 1 heterocycles. The lowest BCUT2D eigenvalue weighted by Crippen LogP contribution is -2.04. The first-order valence-corrected chi connectivity index (χ1v) is 6.98. The third-order valence-corrected chi connectivity index (χ3v) is 3.65. The van der Waals surface area contributed by atoms with Crippen LogP contribution in [-0.2, 0) is 6.54 Å². The van der Waals surface area contributed by atoms with Crippen LogP contribution in [-0.4, -0.2) is 24.1 Å². The number of rotatable bonds is 6. The van der Waals surface area contributed by atoms with Crippen molar-refractivity contribution in [2.45, 2.75) is 13.5 Å². The van der Waals surface area contributed by atoms with Crippen LogP contribution >= 0.6 is 11.3 Å². The smallest absolute Gasteiger partial charge is 0.296 e. The second kappa shape index (κ2) is 6.40. The molecule has 112 valence electrons. The molecule has 21 heavy (non-hydrogen) atoms. The Morgan fingerprint density at radius 1 is 1.33 bits per heavy atom. The minimum atomic E-state index is -0.462. The summed E-state index contributed by atoms with van der Waals surface area (Å²) in [6.45, 7) is 2.31. The average molecular weight is 309 g/mol. The van der Waals surface area contributed by atoms with Gasteiger partial charge in [0.2, 0.25) is 0 Å². The largest absolute Gasteiger partial charge is 0.493 e. The number of nitro groups is 1. The molecule has 0 spiro atoms. The minimum Gasteiger partial charge on any atom is -0.493 e. The van der Waals surface area contributed by atoms with Gasteiger partial charge in [-0.1, -0.05) is 0 Å². The first kappa shape index (κ1) is 15.0. The second-order valence-corrected chi connectivity index (χ2v) is 5.26. The number of aromatic nitrogens is 1. The maximum Gasteiger partial charge on any atom is 0.296 e. The van der Waals surface area contributed by atoms with E-state index in [1.54, 1.807) is 6.07 Å². The zero-order valence-corrected chi connectivity index (χ0v) is 12.7. The van der Waals surface area contributed by atoms with Crippen LogP contribution in [0.3, 0.4) is 0 Å². The first-order chi connectivity index (χ1) is 10.0. The zero-order chi connectivity index (χ0) is 15.4. The molecule has 2 aromatic rings. The number of aryl methyl sites for hydroxylation is 1. The summed E-state index contributed by atoms with van der Waals surface area (Å²) in [5.41, 5.74) is 1.13. The predicted molar refractivity (Wildman–Crippen MR) is 80.4 cm³/mol. The number of nitrogens with zero attached hydrogens (tertiary/aromatic N) is 2. The van der Waals surface area contributed by atoms with E-state index < -0.39 is 4.92 Å². The molecule has 0 bridgehead atoms. The number of anilines is 1. The molecule has 0 atom stereocenters. The van der Waals surface area contributed by atoms with Crippen molar-refractivity contribution < 1.29 is 14.4 Å². The standard InChI is InChI=1S/C13H15N3O4S/c1-8-15-9(7-21-8)6-14-10-4-12(19-2)13(20-3)5-11(10)16(17)18/h4-5,7,14H,6H2,1-3H3. The molecule has 1 aromatic carbocycles. The highest BCUT2D eigenvalue weighted by Gasteiger charge is 2.19. The molecule has 0 unspecified atom stereocenters. The van der Waals surface area contributed by atoms with E-state index in [2.05, 4.69) is 10.3 Å². The lowest BCUT2D eigenvalue weighted by molar-refractivity contribution is -0.384. The van der Waals surface area contributed by atoms with Gasteiger partial charge >= 0.3 is 0 Å². The van der Waals surface area contributed by atoms with E-state index in [9.17, 15) is 10.1 Å². The number of ether oxygens (including phenoxy) is 2. The van der Waals surface area contributed by atoms with Gasteiger partial charge in [-0.25, -0.2) is 4.98 Å². The van der Waals surface area contributed by atoms with Crippen molar-refractivity contribution >= 4 is 22.7 Å². The lowest BCUT2D eigenvalue weighted by atomic mass is 10.2. The molecule has 7 nitrogen and oxygen atoms in total. The molecule has 1 N–H and O–H groups in total. The van der Waals surface area contributed by atoms with Crippen molar-refractivity contribution in [1.82, 2.24) is 4.98 Å². The van der Waals surface area contributed by atoms with E-state index in [-0.39, 0.29) is 5.69 Å². The monoisotopic (exact) mass is 309 g/mol. The summed E-state index contributed by atoms with van der Waals surface area (Å²) in [5, 5.41) is 17.0. The molecule has 8 heteroatoms. The second-order valence-electron chi connectivity index (χ2n) is 4.19. The summed E-state index contributed by atoms with van der Waals surface area (Å²) in [4.78, 5) is 15.0. The van der Waals surface area contributed by atoms with Gasteiger partial charge in [0.25, 0.3) is 5.69 Å². The van der Waals surface area contributed by atoms with E-state index in [1.165, 1.54) is 31.6 Å². The number of nitrogens with one attached hydrogen (secondary N) is 1. The topological polar surface area (TPSA) is 86.5 Å². The molecule has 0 amide bonds. The van der Waals surface area contributed by atoms with E-state index in [0.717, 1.165) is 10.7 Å². The van der Waals surface area contributed by atoms with Crippen LogP contribution in [0.15, 0.2) is 17.5 Å². The van der Waals surface area contributed by atoms with Gasteiger partial charge in [0, 0.05) is 11.4 Å². The molecule has 0 saturated heterocycles. The third-order valence-electron chi connectivity index (χ3n) is 2.83. The minimum absolute atomic E-state index is 0.0698. The van der Waals surface area contributed by atoms with Gasteiger partial charge in [-0.05, 0) is 6.92 Å². The number of benzene rings is 1. The number of nitro benzene ring substituents is 1. The molecule has 0 aliphatic rings. The Kier molecular flexibility index (Phi) is 4.59. The molecular formula is C13H15N3O4S. The molecule has 0 aliphatic heterocycles. The quantitative estimate of drug-likeness (QED) is 0.652. The Bertz CT molecular complexity index is 657. The van der Waals surface area contributed by atoms with Gasteiger partial charge in [-0.15, -0.1) is 11.3 Å². The molecule has 0 saturated carbocycles. The number of hydrogen-bond acceptors (Lipinski definition) is 7. The Labute approximate surface area is 125 Å². The SMILES string of the molecule is COc1cc(NCc2csc(C)n2)c([N+](=O)[O-])cc1OC. The summed E-state index contributed by atoms with van der Waals surface area (Å²) in [6.07, 6.45) is 0. The summed E-state index contributed by atoms with van der Waals surface area (Å²) >= 11 is 1.53. The zero-order valence-electron chi connectivity index (χ0n) is 11.9. The van der Waals surface area contributed by atoms with Crippen molar-refractivity contribution in [3.05, 3.63) is 38.3 Å². The Balaban J connectivity index is 2.29. The van der Waals surface area contributed by atoms with Crippen LogP contribution in [0.5, 0.6) is 11.5 Å². The summed E-state index contributed by atoms with van der Waals surface area (Å²) in [7, 11) is 2.92. The van der Waals surface area contributed by atoms with Crippen molar-refractivity contribution in [1.29, 1.82) is 0 Å². The maximum absolute atomic E-state index is 11.2. The Morgan fingerprint density at radius 3 is 2.52 bits per heavy atom. The molecule has 0 aliphatic carbocycles. The molecule has 1 aromatic heterocycles. The summed E-state index contributed by atoms with van der Waals surface area (Å²) < 4.78 is 10.2. The fourth-order valence-electron chi connectivity index (χ4n) is 1.84. The number of hydrogen-bond donors (Lipinski definition) is 1. The van der Waals surface area contributed by atoms with Gasteiger partial charge < -0.3 is 14.8 Å². The Hall–Kier alpha value is -2.35. The van der Waals surface area contributed by atoms with Crippen LogP contribution in [0, 0.1) is 17.0 Å². The Morgan fingerprint density at radius 2 is 2.00 bits per heavy atom. The van der Waals surface area contributed by atoms with Gasteiger partial charge in [0.05, 0.1) is 42.5 Å². The van der Waals surface area contributed by atoms with Crippen LogP contribution < -0.4 is 14.8 Å². The number of thiazole rings is 1. The molecule has 0 fully saturated rings. The first-order valence-electron chi connectivity index (χ1n) is 6.10. The van der Waals surface area contributed by atoms with Crippen LogP contribution in [0.2, 0.25) is 0 Å². The average Bonchev–Trinajstić information content (AvgIpc) is 2.89. The lowest BCUT2D eigenvalue weighted by Gasteiger charge is -2.11. The molecule has 0 radical (unpaired) electrons. The van der Waals surface area contributed by atoms with Gasteiger partial charge in [0.1, 0.15) is 5.69 Å². The molecular weight excluding hydrogens is 294 g/mol. The van der Waals surface area contributed by atoms with Crippen LogP contribution in [0.1, 0.15) is 10.7 Å². The van der Waals surface area contributed by atoms with E-state index in [4.69, 9.17) is 9.47 Å². The highest BCUT2D eigenvalue weighted by Crippen LogP contribution is 2.37. The summed E-state index contributed by atoms with van der Waals surface area (Å²) in [5.74, 6) is 0.749. The number of methoxy groups -OCH3 is 2. The highest BCUT2D eigenvalue weighted by atomic mass is 32.1. The van der Waals surface area contributed by atoms with Gasteiger partial charge in [-0.3, -0.25) is 10.1 Å². The van der Waals surface area contributed by atoms with E-state index in [1.807, 2.05) is 12.3 Å². The predicted octanol–water partition coefficient (Wildman–Crippen LogP) is 2.99. The van der Waals surface area contributed by atoms with Gasteiger partial charge in [0.15, 0.2) is 11.5 Å². The maximum atomic E-state index is 11.2. The fourth-order valence-corrected chi connectivity index (χ4v) is 2.45. The van der Waals surface area contributed by atoms with Gasteiger partial charge in [-0.2, -0.15) is 0 Å². The normalized spacial score (nSPS) is 10.2. The van der Waals surface area contributed by atoms with Crippen LogP contribution in [0.4, 0.5) is 11.4 Å². The molecule has 2 rings (SSSR count). The van der Waals surface area contributed by atoms with Crippen molar-refractivity contribution in [2.24, 2.45) is 0 Å². The van der Waals surface area contributed by atoms with Crippen molar-refractivity contribution in [3.63, 3.8) is 0 Å². The summed E-state index contributed by atoms with van der Waals surface area (Å²) in [6, 6.07) is 2.89. The van der Waals surface area contributed by atoms with Crippen LogP contribution in [0.25, 0.3) is 0 Å². The third kappa shape index (κ3) is 3.40. The van der Waals surface area contributed by atoms with E-state index in [0.29, 0.717) is 23.7 Å².